The molecule has 1 aliphatic heterocycles. The van der Waals surface area contributed by atoms with Crippen LogP contribution in [-0.2, 0) is 9.53 Å². The first-order valence-corrected chi connectivity index (χ1v) is 5.24. The molecule has 0 aromatic carbocycles. The summed E-state index contributed by atoms with van der Waals surface area (Å²) < 4.78 is 4.73. The van der Waals surface area contributed by atoms with E-state index in [-0.39, 0.29) is 30.0 Å². The Morgan fingerprint density at radius 1 is 1.53 bits per heavy atom. The molecule has 5 heteroatoms. The Hall–Kier alpha value is -1.26. The lowest BCUT2D eigenvalue weighted by molar-refractivity contribution is -0.146. The van der Waals surface area contributed by atoms with Gasteiger partial charge in [-0.2, -0.15) is 0 Å². The molecule has 1 saturated carbocycles. The van der Waals surface area contributed by atoms with Crippen LogP contribution in [0.15, 0.2) is 0 Å². The first-order chi connectivity index (χ1) is 7.13. The third-order valence-corrected chi connectivity index (χ3v) is 3.48. The highest BCUT2D eigenvalue weighted by atomic mass is 16.5. The molecule has 0 radical (unpaired) electrons. The van der Waals surface area contributed by atoms with Gasteiger partial charge in [0.25, 0.3) is 0 Å². The van der Waals surface area contributed by atoms with Crippen LogP contribution in [0.5, 0.6) is 0 Å². The minimum absolute atomic E-state index is 0.0319. The molecule has 3 atom stereocenters. The molecule has 0 aromatic heterocycles. The van der Waals surface area contributed by atoms with Crippen molar-refractivity contribution in [2.75, 3.05) is 14.2 Å². The van der Waals surface area contributed by atoms with Crippen molar-refractivity contribution in [3.63, 3.8) is 0 Å². The molecule has 2 aliphatic rings. The molecule has 2 rings (SSSR count). The van der Waals surface area contributed by atoms with Crippen LogP contribution < -0.4 is 5.32 Å². The monoisotopic (exact) mass is 212 g/mol. The highest BCUT2D eigenvalue weighted by molar-refractivity contribution is 5.78. The quantitative estimate of drug-likeness (QED) is 0.638. The summed E-state index contributed by atoms with van der Waals surface area (Å²) in [6.07, 6.45) is 2.39. The summed E-state index contributed by atoms with van der Waals surface area (Å²) in [4.78, 5) is 24.5. The van der Waals surface area contributed by atoms with Crippen LogP contribution in [0.1, 0.15) is 19.3 Å². The molecule has 1 saturated heterocycles. The molecule has 5 nitrogen and oxygen atoms in total. The number of likely N-dealkylation sites (N-methyl/N-ethyl adjacent to an activating group) is 1. The van der Waals surface area contributed by atoms with Crippen LogP contribution in [0.3, 0.4) is 0 Å². The maximum atomic E-state index is 11.4. The standard InChI is InChI=1S/C10H16N2O3/c1-12-8-4-3-6(9(13)15-2)5-7(8)11-10(12)14/h6-8H,3-5H2,1-2H3,(H,11,14). The Morgan fingerprint density at radius 3 is 2.93 bits per heavy atom. The second kappa shape index (κ2) is 3.72. The number of nitrogens with zero attached hydrogens (tertiary/aromatic N) is 1. The van der Waals surface area contributed by atoms with E-state index in [1.165, 1.54) is 7.11 Å². The summed E-state index contributed by atoms with van der Waals surface area (Å²) in [5.41, 5.74) is 0. The summed E-state index contributed by atoms with van der Waals surface area (Å²) in [7, 11) is 3.21. The van der Waals surface area contributed by atoms with Gasteiger partial charge in [-0.1, -0.05) is 0 Å². The number of hydrogen-bond acceptors (Lipinski definition) is 3. The Balaban J connectivity index is 2.02. The van der Waals surface area contributed by atoms with Crippen molar-refractivity contribution in [3.8, 4) is 0 Å². The average molecular weight is 212 g/mol. The van der Waals surface area contributed by atoms with E-state index in [0.29, 0.717) is 6.42 Å². The average Bonchev–Trinajstić information content (AvgIpc) is 2.53. The van der Waals surface area contributed by atoms with E-state index in [1.807, 2.05) is 0 Å². The lowest BCUT2D eigenvalue weighted by Gasteiger charge is -2.31. The number of esters is 1. The minimum Gasteiger partial charge on any atom is -0.469 e. The van der Waals surface area contributed by atoms with E-state index in [1.54, 1.807) is 11.9 Å². The molecule has 1 aliphatic carbocycles. The topological polar surface area (TPSA) is 58.6 Å². The predicted octanol–water partition coefficient (Wildman–Crippen LogP) is 0.352. The Kier molecular flexibility index (Phi) is 2.54. The highest BCUT2D eigenvalue weighted by Gasteiger charge is 2.42. The van der Waals surface area contributed by atoms with Crippen LogP contribution in [0.4, 0.5) is 4.79 Å². The van der Waals surface area contributed by atoms with Crippen molar-refractivity contribution >= 4 is 12.0 Å². The van der Waals surface area contributed by atoms with Gasteiger partial charge >= 0.3 is 12.0 Å². The first kappa shape index (κ1) is 10.3. The highest BCUT2D eigenvalue weighted by Crippen LogP contribution is 2.31. The molecule has 1 N–H and O–H groups in total. The smallest absolute Gasteiger partial charge is 0.317 e. The Bertz CT molecular complexity index is 292. The van der Waals surface area contributed by atoms with E-state index in [9.17, 15) is 9.59 Å². The molecule has 0 bridgehead atoms. The third-order valence-electron chi connectivity index (χ3n) is 3.48. The number of nitrogens with one attached hydrogen (secondary N) is 1. The van der Waals surface area contributed by atoms with Crippen molar-refractivity contribution in [1.82, 2.24) is 10.2 Å². The fraction of sp³-hybridized carbons (Fsp3) is 0.800. The van der Waals surface area contributed by atoms with Gasteiger partial charge in [-0.05, 0) is 19.3 Å². The van der Waals surface area contributed by atoms with Crippen molar-refractivity contribution in [1.29, 1.82) is 0 Å². The summed E-state index contributed by atoms with van der Waals surface area (Å²) in [5.74, 6) is -0.208. The SMILES string of the molecule is COC(=O)C1CCC2C(C1)NC(=O)N2C. The fourth-order valence-corrected chi connectivity index (χ4v) is 2.57. The third kappa shape index (κ3) is 1.66. The number of carbonyl (C=O) groups is 2. The van der Waals surface area contributed by atoms with E-state index in [0.717, 1.165) is 12.8 Å². The molecule has 0 spiro atoms. The Labute approximate surface area is 88.8 Å². The number of hydrogen-bond donors (Lipinski definition) is 1. The van der Waals surface area contributed by atoms with E-state index < -0.39 is 0 Å². The number of amides is 2. The molecule has 3 unspecified atom stereocenters. The van der Waals surface area contributed by atoms with E-state index in [4.69, 9.17) is 4.74 Å². The maximum absolute atomic E-state index is 11.4. The number of fused-ring (bicyclic) bond motifs is 1. The van der Waals surface area contributed by atoms with Gasteiger partial charge in [0.2, 0.25) is 0 Å². The number of ether oxygens (including phenoxy) is 1. The van der Waals surface area contributed by atoms with Crippen molar-refractivity contribution in [3.05, 3.63) is 0 Å². The molecule has 2 amide bonds. The zero-order valence-electron chi connectivity index (χ0n) is 9.03. The molecule has 0 aromatic rings. The summed E-state index contributed by atoms with van der Waals surface area (Å²) in [6, 6.07) is 0.328. The normalized spacial score (nSPS) is 34.7. The van der Waals surface area contributed by atoms with Gasteiger partial charge in [-0.25, -0.2) is 4.79 Å². The lowest BCUT2D eigenvalue weighted by atomic mass is 9.83. The number of methoxy groups -OCH3 is 1. The second-order valence-electron chi connectivity index (χ2n) is 4.27. The summed E-state index contributed by atoms with van der Waals surface area (Å²) in [6.45, 7) is 0. The number of urea groups is 1. The minimum atomic E-state index is -0.155. The number of carbonyl (C=O) groups excluding carboxylic acids is 2. The fourth-order valence-electron chi connectivity index (χ4n) is 2.57. The van der Waals surface area contributed by atoms with Crippen molar-refractivity contribution in [2.24, 2.45) is 5.92 Å². The van der Waals surface area contributed by atoms with Crippen molar-refractivity contribution < 1.29 is 14.3 Å². The van der Waals surface area contributed by atoms with Crippen LogP contribution in [0, 0.1) is 5.92 Å². The summed E-state index contributed by atoms with van der Waals surface area (Å²) in [5, 5.41) is 2.89. The van der Waals surface area contributed by atoms with Crippen LogP contribution >= 0.6 is 0 Å². The van der Waals surface area contributed by atoms with E-state index >= 15 is 0 Å². The van der Waals surface area contributed by atoms with E-state index in [2.05, 4.69) is 5.32 Å². The maximum Gasteiger partial charge on any atom is 0.317 e. The number of rotatable bonds is 1. The van der Waals surface area contributed by atoms with Gasteiger partial charge in [0, 0.05) is 7.05 Å². The van der Waals surface area contributed by atoms with Gasteiger partial charge in [0.15, 0.2) is 0 Å². The molecule has 2 fully saturated rings. The largest absolute Gasteiger partial charge is 0.469 e. The van der Waals surface area contributed by atoms with Crippen LogP contribution in [-0.4, -0.2) is 43.1 Å². The first-order valence-electron chi connectivity index (χ1n) is 5.24. The second-order valence-corrected chi connectivity index (χ2v) is 4.27. The zero-order chi connectivity index (χ0) is 11.0. The van der Waals surface area contributed by atoms with Gasteiger partial charge in [0.1, 0.15) is 0 Å². The molecular formula is C10H16N2O3. The predicted molar refractivity (Wildman–Crippen MR) is 53.2 cm³/mol. The molecular weight excluding hydrogens is 196 g/mol. The van der Waals surface area contributed by atoms with Gasteiger partial charge in [-0.15, -0.1) is 0 Å². The van der Waals surface area contributed by atoms with Crippen LogP contribution in [0.2, 0.25) is 0 Å². The molecule has 1 heterocycles. The van der Waals surface area contributed by atoms with Crippen LogP contribution in [0.25, 0.3) is 0 Å². The van der Waals surface area contributed by atoms with Crippen molar-refractivity contribution in [2.45, 2.75) is 31.3 Å². The Morgan fingerprint density at radius 2 is 2.27 bits per heavy atom. The summed E-state index contributed by atoms with van der Waals surface area (Å²) >= 11 is 0. The zero-order valence-corrected chi connectivity index (χ0v) is 9.03. The van der Waals surface area contributed by atoms with Gasteiger partial charge in [-0.3, -0.25) is 4.79 Å². The molecule has 84 valence electrons. The van der Waals surface area contributed by atoms with Gasteiger partial charge in [0.05, 0.1) is 25.1 Å². The molecule has 15 heavy (non-hydrogen) atoms. The van der Waals surface area contributed by atoms with Gasteiger partial charge < -0.3 is 15.0 Å². The lowest BCUT2D eigenvalue weighted by Crippen LogP contribution is -2.42.